The standard InChI is InChI=1S/C15H29ClN2/c16-8-12-18-10-4-9-17(13-14-18)11-7-15-5-2-1-3-6-15/h15H,1-14H2. The van der Waals surface area contributed by atoms with Crippen LogP contribution >= 0.6 is 11.6 Å². The van der Waals surface area contributed by atoms with E-state index < -0.39 is 0 Å². The average Bonchev–Trinajstić information content (AvgIpc) is 2.64. The number of halogens is 1. The first kappa shape index (κ1) is 14.6. The molecule has 0 N–H and O–H groups in total. The van der Waals surface area contributed by atoms with Crippen molar-refractivity contribution in [2.75, 3.05) is 45.1 Å². The fraction of sp³-hybridized carbons (Fsp3) is 1.00. The highest BCUT2D eigenvalue weighted by atomic mass is 35.5. The number of hydrogen-bond acceptors (Lipinski definition) is 2. The van der Waals surface area contributed by atoms with Gasteiger partial charge in [-0.1, -0.05) is 32.1 Å². The maximum Gasteiger partial charge on any atom is 0.0351 e. The predicted octanol–water partition coefficient (Wildman–Crippen LogP) is 3.20. The first-order valence-corrected chi connectivity index (χ1v) is 8.42. The van der Waals surface area contributed by atoms with E-state index in [9.17, 15) is 0 Å². The molecule has 0 aromatic heterocycles. The lowest BCUT2D eigenvalue weighted by molar-refractivity contribution is 0.231. The van der Waals surface area contributed by atoms with E-state index in [0.29, 0.717) is 0 Å². The van der Waals surface area contributed by atoms with Crippen molar-refractivity contribution in [2.45, 2.75) is 44.9 Å². The van der Waals surface area contributed by atoms with Gasteiger partial charge in [-0.25, -0.2) is 0 Å². The molecule has 1 saturated carbocycles. The van der Waals surface area contributed by atoms with E-state index >= 15 is 0 Å². The summed E-state index contributed by atoms with van der Waals surface area (Å²) in [4.78, 5) is 5.20. The van der Waals surface area contributed by atoms with E-state index in [0.717, 1.165) is 18.3 Å². The SMILES string of the molecule is ClCCN1CCCN(CCC2CCCCC2)CC1. The Balaban J connectivity index is 1.63. The van der Waals surface area contributed by atoms with Crippen molar-refractivity contribution < 1.29 is 0 Å². The number of rotatable bonds is 5. The van der Waals surface area contributed by atoms with Gasteiger partial charge in [0.2, 0.25) is 0 Å². The Morgan fingerprint density at radius 2 is 1.44 bits per heavy atom. The zero-order chi connectivity index (χ0) is 12.6. The summed E-state index contributed by atoms with van der Waals surface area (Å²) in [7, 11) is 0. The molecular weight excluding hydrogens is 244 g/mol. The van der Waals surface area contributed by atoms with Crippen molar-refractivity contribution in [1.82, 2.24) is 9.80 Å². The molecule has 106 valence electrons. The van der Waals surface area contributed by atoms with Crippen LogP contribution < -0.4 is 0 Å². The molecule has 0 aromatic carbocycles. The van der Waals surface area contributed by atoms with Gasteiger partial charge in [0.15, 0.2) is 0 Å². The van der Waals surface area contributed by atoms with Gasteiger partial charge in [-0.05, 0) is 38.4 Å². The third-order valence-corrected chi connectivity index (χ3v) is 4.83. The molecule has 3 heteroatoms. The van der Waals surface area contributed by atoms with Crippen LogP contribution in [0.25, 0.3) is 0 Å². The normalized spacial score (nSPS) is 25.2. The van der Waals surface area contributed by atoms with Crippen molar-refractivity contribution >= 4 is 11.6 Å². The van der Waals surface area contributed by atoms with Gasteiger partial charge in [0.1, 0.15) is 0 Å². The monoisotopic (exact) mass is 272 g/mol. The summed E-state index contributed by atoms with van der Waals surface area (Å²) < 4.78 is 0. The Labute approximate surface area is 118 Å². The maximum absolute atomic E-state index is 5.83. The minimum atomic E-state index is 0.780. The third-order valence-electron chi connectivity index (χ3n) is 4.66. The van der Waals surface area contributed by atoms with Crippen LogP contribution in [0.3, 0.4) is 0 Å². The fourth-order valence-electron chi connectivity index (χ4n) is 3.43. The molecule has 18 heavy (non-hydrogen) atoms. The van der Waals surface area contributed by atoms with E-state index in [1.807, 2.05) is 0 Å². The highest BCUT2D eigenvalue weighted by molar-refractivity contribution is 6.18. The second kappa shape index (κ2) is 8.39. The van der Waals surface area contributed by atoms with E-state index in [4.69, 9.17) is 11.6 Å². The Morgan fingerprint density at radius 3 is 2.11 bits per heavy atom. The lowest BCUT2D eigenvalue weighted by Gasteiger charge is -2.26. The van der Waals surface area contributed by atoms with Crippen molar-refractivity contribution in [1.29, 1.82) is 0 Å². The van der Waals surface area contributed by atoms with Crippen molar-refractivity contribution in [3.05, 3.63) is 0 Å². The van der Waals surface area contributed by atoms with Gasteiger partial charge in [0, 0.05) is 25.5 Å². The molecule has 0 unspecified atom stereocenters. The summed E-state index contributed by atoms with van der Waals surface area (Å²) in [6.07, 6.45) is 10.2. The number of alkyl halides is 1. The van der Waals surface area contributed by atoms with Crippen LogP contribution in [0, 0.1) is 5.92 Å². The number of nitrogens with zero attached hydrogens (tertiary/aromatic N) is 2. The summed E-state index contributed by atoms with van der Waals surface area (Å²) in [6.45, 7) is 7.41. The minimum Gasteiger partial charge on any atom is -0.302 e. The summed E-state index contributed by atoms with van der Waals surface area (Å²) in [5, 5.41) is 0. The van der Waals surface area contributed by atoms with Gasteiger partial charge in [0.05, 0.1) is 0 Å². The Morgan fingerprint density at radius 1 is 0.778 bits per heavy atom. The molecule has 0 bridgehead atoms. The smallest absolute Gasteiger partial charge is 0.0351 e. The molecule has 2 rings (SSSR count). The molecule has 1 heterocycles. The van der Waals surface area contributed by atoms with E-state index in [1.54, 1.807) is 0 Å². The molecule has 1 aliphatic carbocycles. The Hall–Kier alpha value is 0.210. The van der Waals surface area contributed by atoms with Crippen LogP contribution in [-0.2, 0) is 0 Å². The van der Waals surface area contributed by atoms with Gasteiger partial charge in [-0.3, -0.25) is 0 Å². The molecule has 0 amide bonds. The topological polar surface area (TPSA) is 6.48 Å². The molecule has 0 atom stereocenters. The summed E-state index contributed by atoms with van der Waals surface area (Å²) in [5.74, 6) is 1.81. The van der Waals surface area contributed by atoms with Crippen LogP contribution in [0.15, 0.2) is 0 Å². The highest BCUT2D eigenvalue weighted by Crippen LogP contribution is 2.26. The largest absolute Gasteiger partial charge is 0.302 e. The van der Waals surface area contributed by atoms with Gasteiger partial charge < -0.3 is 9.80 Å². The Bertz CT molecular complexity index is 217. The van der Waals surface area contributed by atoms with Crippen molar-refractivity contribution in [2.24, 2.45) is 5.92 Å². The van der Waals surface area contributed by atoms with E-state index in [1.165, 1.54) is 77.7 Å². The molecule has 0 aromatic rings. The molecule has 0 spiro atoms. The zero-order valence-corrected chi connectivity index (χ0v) is 12.5. The number of hydrogen-bond donors (Lipinski definition) is 0. The molecule has 1 saturated heterocycles. The van der Waals surface area contributed by atoms with Crippen LogP contribution in [0.4, 0.5) is 0 Å². The second-order valence-electron chi connectivity index (χ2n) is 6.02. The van der Waals surface area contributed by atoms with Gasteiger partial charge in [0.25, 0.3) is 0 Å². The summed E-state index contributed by atoms with van der Waals surface area (Å²) in [6, 6.07) is 0. The summed E-state index contributed by atoms with van der Waals surface area (Å²) in [5.41, 5.74) is 0. The minimum absolute atomic E-state index is 0.780. The van der Waals surface area contributed by atoms with E-state index in [-0.39, 0.29) is 0 Å². The molecular formula is C15H29ClN2. The van der Waals surface area contributed by atoms with Crippen LogP contribution in [0.2, 0.25) is 0 Å². The first-order chi connectivity index (χ1) is 8.88. The van der Waals surface area contributed by atoms with Crippen LogP contribution in [0.5, 0.6) is 0 Å². The van der Waals surface area contributed by atoms with Crippen molar-refractivity contribution in [3.8, 4) is 0 Å². The predicted molar refractivity (Wildman–Crippen MR) is 79.4 cm³/mol. The quantitative estimate of drug-likeness (QED) is 0.709. The first-order valence-electron chi connectivity index (χ1n) is 7.89. The van der Waals surface area contributed by atoms with Gasteiger partial charge in [-0.15, -0.1) is 11.6 Å². The molecule has 1 aliphatic heterocycles. The second-order valence-corrected chi connectivity index (χ2v) is 6.40. The van der Waals surface area contributed by atoms with E-state index in [2.05, 4.69) is 9.80 Å². The zero-order valence-electron chi connectivity index (χ0n) is 11.7. The molecule has 0 radical (unpaired) electrons. The van der Waals surface area contributed by atoms with Crippen LogP contribution in [-0.4, -0.2) is 54.9 Å². The van der Waals surface area contributed by atoms with Crippen LogP contribution in [0.1, 0.15) is 44.9 Å². The molecule has 2 aliphatic rings. The Kier molecular flexibility index (Phi) is 6.82. The lowest BCUT2D eigenvalue weighted by atomic mass is 9.87. The lowest BCUT2D eigenvalue weighted by Crippen LogP contribution is -2.33. The van der Waals surface area contributed by atoms with Gasteiger partial charge >= 0.3 is 0 Å². The van der Waals surface area contributed by atoms with Crippen molar-refractivity contribution in [3.63, 3.8) is 0 Å². The fourth-order valence-corrected chi connectivity index (χ4v) is 3.67. The summed E-state index contributed by atoms with van der Waals surface area (Å²) >= 11 is 5.83. The maximum atomic E-state index is 5.83. The third kappa shape index (κ3) is 5.07. The van der Waals surface area contributed by atoms with Gasteiger partial charge in [-0.2, -0.15) is 0 Å². The molecule has 2 fully saturated rings. The highest BCUT2D eigenvalue weighted by Gasteiger charge is 2.17. The molecule has 2 nitrogen and oxygen atoms in total. The average molecular weight is 273 g/mol.